The third-order valence-electron chi connectivity index (χ3n) is 1.96. The van der Waals surface area contributed by atoms with Crippen LogP contribution in [0.1, 0.15) is 11.1 Å². The lowest BCUT2D eigenvalue weighted by atomic mass is 10.1. The number of nitriles is 2. The molecule has 0 fully saturated rings. The van der Waals surface area contributed by atoms with Crippen LogP contribution in [0.4, 0.5) is 0 Å². The molecule has 1 aromatic rings. The number of methoxy groups -OCH3 is 2. The highest BCUT2D eigenvalue weighted by atomic mass is 16.5. The Labute approximate surface area is 88.3 Å². The van der Waals surface area contributed by atoms with E-state index in [4.69, 9.17) is 20.0 Å². The first-order valence-electron chi connectivity index (χ1n) is 4.28. The largest absolute Gasteiger partial charge is 0.495 e. The van der Waals surface area contributed by atoms with E-state index < -0.39 is 0 Å². The molecule has 76 valence electrons. The fourth-order valence-corrected chi connectivity index (χ4v) is 1.27. The topological polar surface area (TPSA) is 66.0 Å². The van der Waals surface area contributed by atoms with E-state index in [9.17, 15) is 0 Å². The summed E-state index contributed by atoms with van der Waals surface area (Å²) in [6.07, 6.45) is 0.262. The van der Waals surface area contributed by atoms with Gasteiger partial charge in [0.05, 0.1) is 26.7 Å². The van der Waals surface area contributed by atoms with Gasteiger partial charge in [0.25, 0.3) is 0 Å². The summed E-state index contributed by atoms with van der Waals surface area (Å²) in [5.74, 6) is 0.865. The van der Waals surface area contributed by atoms with Crippen LogP contribution in [0.15, 0.2) is 12.1 Å². The average molecular weight is 202 g/mol. The molecular formula is C11H10N2O2. The summed E-state index contributed by atoms with van der Waals surface area (Å²) in [5, 5.41) is 17.5. The molecule has 15 heavy (non-hydrogen) atoms. The van der Waals surface area contributed by atoms with Crippen LogP contribution in [-0.4, -0.2) is 14.2 Å². The van der Waals surface area contributed by atoms with Crippen LogP contribution in [0.5, 0.6) is 11.5 Å². The third-order valence-corrected chi connectivity index (χ3v) is 1.96. The lowest BCUT2D eigenvalue weighted by molar-refractivity contribution is 0.391. The van der Waals surface area contributed by atoms with Gasteiger partial charge >= 0.3 is 0 Å². The van der Waals surface area contributed by atoms with Crippen LogP contribution in [0.2, 0.25) is 0 Å². The normalized spacial score (nSPS) is 8.80. The zero-order valence-corrected chi connectivity index (χ0v) is 8.57. The van der Waals surface area contributed by atoms with Gasteiger partial charge in [0, 0.05) is 0 Å². The SMILES string of the molecule is COc1cc(CC#N)cc(OC)c1C#N. The molecule has 0 N–H and O–H groups in total. The van der Waals surface area contributed by atoms with Crippen LogP contribution in [-0.2, 0) is 6.42 Å². The number of benzene rings is 1. The van der Waals surface area contributed by atoms with Gasteiger partial charge in [-0.3, -0.25) is 0 Å². The van der Waals surface area contributed by atoms with Crippen molar-refractivity contribution < 1.29 is 9.47 Å². The highest BCUT2D eigenvalue weighted by Gasteiger charge is 2.11. The summed E-state index contributed by atoms with van der Waals surface area (Å²) in [6.45, 7) is 0. The lowest BCUT2D eigenvalue weighted by Gasteiger charge is -2.09. The van der Waals surface area contributed by atoms with Gasteiger partial charge in [-0.1, -0.05) is 0 Å². The number of rotatable bonds is 3. The minimum Gasteiger partial charge on any atom is -0.495 e. The summed E-state index contributed by atoms with van der Waals surface area (Å²) >= 11 is 0. The molecule has 0 amide bonds. The Morgan fingerprint density at radius 1 is 1.13 bits per heavy atom. The Morgan fingerprint density at radius 3 is 2.00 bits per heavy atom. The third kappa shape index (κ3) is 2.18. The van der Waals surface area contributed by atoms with Gasteiger partial charge in [0.1, 0.15) is 23.1 Å². The fourth-order valence-electron chi connectivity index (χ4n) is 1.27. The Bertz CT molecular complexity index is 416. The molecule has 0 aliphatic rings. The zero-order valence-electron chi connectivity index (χ0n) is 8.57. The van der Waals surface area contributed by atoms with Crippen molar-refractivity contribution in [2.45, 2.75) is 6.42 Å². The first-order chi connectivity index (χ1) is 7.26. The molecule has 4 heteroatoms. The van der Waals surface area contributed by atoms with E-state index in [2.05, 4.69) is 0 Å². The maximum Gasteiger partial charge on any atom is 0.140 e. The molecule has 0 unspecified atom stereocenters. The van der Waals surface area contributed by atoms with Crippen LogP contribution in [0.3, 0.4) is 0 Å². The van der Waals surface area contributed by atoms with Crippen molar-refractivity contribution in [3.05, 3.63) is 23.3 Å². The summed E-state index contributed by atoms with van der Waals surface area (Å²) in [5.41, 5.74) is 1.12. The van der Waals surface area contributed by atoms with Gasteiger partial charge in [0.15, 0.2) is 0 Å². The molecule has 1 aromatic carbocycles. The molecule has 0 bridgehead atoms. The van der Waals surface area contributed by atoms with Crippen LogP contribution in [0.25, 0.3) is 0 Å². The van der Waals surface area contributed by atoms with Crippen LogP contribution < -0.4 is 9.47 Å². The molecule has 0 aliphatic carbocycles. The highest BCUT2D eigenvalue weighted by Crippen LogP contribution is 2.29. The molecule has 0 aliphatic heterocycles. The Kier molecular flexibility index (Phi) is 3.54. The molecule has 0 saturated heterocycles. The second-order valence-electron chi connectivity index (χ2n) is 2.82. The summed E-state index contributed by atoms with van der Waals surface area (Å²) in [6, 6.07) is 7.37. The van der Waals surface area contributed by atoms with Gasteiger partial charge in [0.2, 0.25) is 0 Å². The number of ether oxygens (including phenoxy) is 2. The fraction of sp³-hybridized carbons (Fsp3) is 0.273. The standard InChI is InChI=1S/C11H10N2O2/c1-14-10-5-8(3-4-12)6-11(15-2)9(10)7-13/h5-6H,3H2,1-2H3. The molecule has 0 heterocycles. The van der Waals surface area contributed by atoms with E-state index >= 15 is 0 Å². The van der Waals surface area contributed by atoms with Crippen molar-refractivity contribution in [3.63, 3.8) is 0 Å². The van der Waals surface area contributed by atoms with E-state index in [0.29, 0.717) is 17.1 Å². The molecule has 0 atom stereocenters. The number of nitrogens with zero attached hydrogens (tertiary/aromatic N) is 2. The van der Waals surface area contributed by atoms with Gasteiger partial charge in [-0.05, 0) is 17.7 Å². The zero-order chi connectivity index (χ0) is 11.3. The van der Waals surface area contributed by atoms with Crippen molar-refractivity contribution in [3.8, 4) is 23.6 Å². The van der Waals surface area contributed by atoms with Gasteiger partial charge in [-0.25, -0.2) is 0 Å². The summed E-state index contributed by atoms with van der Waals surface area (Å²) < 4.78 is 10.1. The maximum atomic E-state index is 8.91. The van der Waals surface area contributed by atoms with Crippen molar-refractivity contribution in [2.24, 2.45) is 0 Å². The number of hydrogen-bond donors (Lipinski definition) is 0. The molecule has 0 aromatic heterocycles. The van der Waals surface area contributed by atoms with E-state index in [0.717, 1.165) is 5.56 Å². The Hall–Kier alpha value is -2.20. The predicted octanol–water partition coefficient (Wildman–Crippen LogP) is 1.64. The van der Waals surface area contributed by atoms with E-state index in [1.54, 1.807) is 12.1 Å². The van der Waals surface area contributed by atoms with Crippen molar-refractivity contribution in [1.82, 2.24) is 0 Å². The molecule has 0 saturated carbocycles. The maximum absolute atomic E-state index is 8.91. The lowest BCUT2D eigenvalue weighted by Crippen LogP contribution is -1.95. The molecule has 0 spiro atoms. The minimum absolute atomic E-state index is 0.262. The monoisotopic (exact) mass is 202 g/mol. The molecule has 4 nitrogen and oxygen atoms in total. The van der Waals surface area contributed by atoms with Gasteiger partial charge < -0.3 is 9.47 Å². The Balaban J connectivity index is 3.32. The van der Waals surface area contributed by atoms with Gasteiger partial charge in [-0.2, -0.15) is 10.5 Å². The van der Waals surface area contributed by atoms with E-state index in [-0.39, 0.29) is 6.42 Å². The van der Waals surface area contributed by atoms with E-state index in [1.807, 2.05) is 12.1 Å². The smallest absolute Gasteiger partial charge is 0.140 e. The van der Waals surface area contributed by atoms with Crippen LogP contribution in [0, 0.1) is 22.7 Å². The van der Waals surface area contributed by atoms with E-state index in [1.165, 1.54) is 14.2 Å². The predicted molar refractivity (Wildman–Crippen MR) is 53.6 cm³/mol. The first kappa shape index (κ1) is 10.9. The minimum atomic E-state index is 0.262. The first-order valence-corrected chi connectivity index (χ1v) is 4.28. The van der Waals surface area contributed by atoms with Crippen molar-refractivity contribution in [1.29, 1.82) is 10.5 Å². The van der Waals surface area contributed by atoms with Crippen molar-refractivity contribution >= 4 is 0 Å². The quantitative estimate of drug-likeness (QED) is 0.747. The van der Waals surface area contributed by atoms with Crippen molar-refractivity contribution in [2.75, 3.05) is 14.2 Å². The number of hydrogen-bond acceptors (Lipinski definition) is 4. The molecular weight excluding hydrogens is 192 g/mol. The Morgan fingerprint density at radius 2 is 1.67 bits per heavy atom. The van der Waals surface area contributed by atoms with Gasteiger partial charge in [-0.15, -0.1) is 0 Å². The molecule has 0 radical (unpaired) electrons. The molecule has 1 rings (SSSR count). The second-order valence-corrected chi connectivity index (χ2v) is 2.82. The second kappa shape index (κ2) is 4.88. The highest BCUT2D eigenvalue weighted by molar-refractivity contribution is 5.55. The summed E-state index contributed by atoms with van der Waals surface area (Å²) in [4.78, 5) is 0. The van der Waals surface area contributed by atoms with Crippen LogP contribution >= 0.6 is 0 Å². The average Bonchev–Trinajstić information content (AvgIpc) is 2.28. The summed E-state index contributed by atoms with van der Waals surface area (Å²) in [7, 11) is 2.96.